The molecule has 23 heavy (non-hydrogen) atoms. The molecule has 0 saturated heterocycles. The molecule has 1 aromatic carbocycles. The number of carbonyl (C=O) groups excluding carboxylic acids is 1. The first-order chi connectivity index (χ1) is 10.5. The van der Waals surface area contributed by atoms with Gasteiger partial charge in [0, 0.05) is 17.9 Å². The molecular formula is C18H29ClN2O2. The zero-order valence-electron chi connectivity index (χ0n) is 14.3. The minimum absolute atomic E-state index is 0. The fourth-order valence-electron chi connectivity index (χ4n) is 3.25. The molecule has 5 heteroatoms. The smallest absolute Gasteiger partial charge is 0.223 e. The highest BCUT2D eigenvalue weighted by Gasteiger charge is 2.32. The standard InChI is InChI=1S/C18H28N2O2.ClH/c1-18(2,14-7-9-15(22-3)10-8-14)12-20-17(21)16-6-4-5-13(16)11-19;/h7-10,13,16H,4-6,11-12,19H2,1-3H3,(H,20,21);1H/t13-,16-;/m1./s1. The van der Waals surface area contributed by atoms with Gasteiger partial charge in [-0.15, -0.1) is 12.4 Å². The Kier molecular flexibility index (Phi) is 7.36. The number of nitrogens with two attached hydrogens (primary N) is 1. The second-order valence-corrected chi connectivity index (χ2v) is 6.86. The Bertz CT molecular complexity index is 502. The molecular weight excluding hydrogens is 312 g/mol. The van der Waals surface area contributed by atoms with Crippen molar-refractivity contribution >= 4 is 18.3 Å². The lowest BCUT2D eigenvalue weighted by Gasteiger charge is -2.27. The van der Waals surface area contributed by atoms with E-state index >= 15 is 0 Å². The van der Waals surface area contributed by atoms with E-state index in [1.54, 1.807) is 7.11 Å². The lowest BCUT2D eigenvalue weighted by Crippen LogP contribution is -2.41. The lowest BCUT2D eigenvalue weighted by atomic mass is 9.84. The summed E-state index contributed by atoms with van der Waals surface area (Å²) >= 11 is 0. The van der Waals surface area contributed by atoms with Crippen molar-refractivity contribution in [3.8, 4) is 5.75 Å². The molecule has 0 aliphatic heterocycles. The Morgan fingerprint density at radius 2 is 1.96 bits per heavy atom. The van der Waals surface area contributed by atoms with Gasteiger partial charge in [0.05, 0.1) is 7.11 Å². The van der Waals surface area contributed by atoms with Crippen LogP contribution in [0.4, 0.5) is 0 Å². The van der Waals surface area contributed by atoms with E-state index in [2.05, 4.69) is 31.3 Å². The van der Waals surface area contributed by atoms with E-state index in [1.807, 2.05) is 12.1 Å². The van der Waals surface area contributed by atoms with Gasteiger partial charge in [-0.2, -0.15) is 0 Å². The molecule has 0 aromatic heterocycles. The van der Waals surface area contributed by atoms with Crippen LogP contribution in [-0.2, 0) is 10.2 Å². The van der Waals surface area contributed by atoms with E-state index in [-0.39, 0.29) is 29.6 Å². The van der Waals surface area contributed by atoms with Crippen molar-refractivity contribution in [2.45, 2.75) is 38.5 Å². The summed E-state index contributed by atoms with van der Waals surface area (Å²) in [7, 11) is 1.66. The number of halogens is 1. The van der Waals surface area contributed by atoms with Gasteiger partial charge in [0.2, 0.25) is 5.91 Å². The van der Waals surface area contributed by atoms with Crippen LogP contribution in [-0.4, -0.2) is 26.1 Å². The number of hydrogen-bond acceptors (Lipinski definition) is 3. The van der Waals surface area contributed by atoms with Crippen LogP contribution in [0.3, 0.4) is 0 Å². The largest absolute Gasteiger partial charge is 0.497 e. The number of hydrogen-bond donors (Lipinski definition) is 2. The summed E-state index contributed by atoms with van der Waals surface area (Å²) in [5.74, 6) is 1.45. The van der Waals surface area contributed by atoms with E-state index in [0.717, 1.165) is 25.0 Å². The highest BCUT2D eigenvalue weighted by molar-refractivity contribution is 5.85. The average Bonchev–Trinajstić information content (AvgIpc) is 3.01. The Morgan fingerprint density at radius 3 is 2.52 bits per heavy atom. The van der Waals surface area contributed by atoms with Crippen molar-refractivity contribution < 1.29 is 9.53 Å². The predicted octanol–water partition coefficient (Wildman–Crippen LogP) is 2.89. The first-order valence-corrected chi connectivity index (χ1v) is 8.10. The molecule has 0 radical (unpaired) electrons. The zero-order valence-corrected chi connectivity index (χ0v) is 15.1. The molecule has 0 bridgehead atoms. The molecule has 0 spiro atoms. The topological polar surface area (TPSA) is 64.3 Å². The van der Waals surface area contributed by atoms with Gasteiger partial charge in [0.25, 0.3) is 0 Å². The van der Waals surface area contributed by atoms with E-state index in [1.165, 1.54) is 5.56 Å². The Balaban J connectivity index is 0.00000264. The molecule has 2 atom stereocenters. The van der Waals surface area contributed by atoms with Crippen molar-refractivity contribution in [1.29, 1.82) is 0 Å². The number of amides is 1. The Hall–Kier alpha value is -1.26. The molecule has 1 fully saturated rings. The molecule has 1 aliphatic carbocycles. The van der Waals surface area contributed by atoms with E-state index in [9.17, 15) is 4.79 Å². The van der Waals surface area contributed by atoms with Crippen LogP contribution >= 0.6 is 12.4 Å². The Morgan fingerprint density at radius 1 is 1.30 bits per heavy atom. The highest BCUT2D eigenvalue weighted by atomic mass is 35.5. The van der Waals surface area contributed by atoms with Crippen LogP contribution in [0.5, 0.6) is 5.75 Å². The normalized spacial score (nSPS) is 20.7. The third-order valence-electron chi connectivity index (χ3n) is 4.87. The van der Waals surface area contributed by atoms with Gasteiger partial charge < -0.3 is 15.8 Å². The maximum absolute atomic E-state index is 12.4. The van der Waals surface area contributed by atoms with Crippen LogP contribution < -0.4 is 15.8 Å². The third-order valence-corrected chi connectivity index (χ3v) is 4.87. The molecule has 1 saturated carbocycles. The molecule has 1 amide bonds. The van der Waals surface area contributed by atoms with Gasteiger partial charge in [0.15, 0.2) is 0 Å². The maximum atomic E-state index is 12.4. The number of carbonyl (C=O) groups is 1. The quantitative estimate of drug-likeness (QED) is 0.837. The van der Waals surface area contributed by atoms with E-state index in [4.69, 9.17) is 10.5 Å². The summed E-state index contributed by atoms with van der Waals surface area (Å²) in [6.45, 7) is 5.53. The van der Waals surface area contributed by atoms with Crippen LogP contribution in [0.15, 0.2) is 24.3 Å². The van der Waals surface area contributed by atoms with Gasteiger partial charge in [0.1, 0.15) is 5.75 Å². The molecule has 4 nitrogen and oxygen atoms in total. The van der Waals surface area contributed by atoms with Crippen LogP contribution in [0.1, 0.15) is 38.7 Å². The lowest BCUT2D eigenvalue weighted by molar-refractivity contribution is -0.126. The van der Waals surface area contributed by atoms with Gasteiger partial charge in [-0.1, -0.05) is 32.4 Å². The number of benzene rings is 1. The summed E-state index contributed by atoms with van der Waals surface area (Å²) in [4.78, 5) is 12.4. The third kappa shape index (κ3) is 4.85. The SMILES string of the molecule is COc1ccc(C(C)(C)CNC(=O)[C@@H]2CCC[C@@H]2CN)cc1.Cl. The number of ether oxygens (including phenoxy) is 1. The van der Waals surface area contributed by atoms with Gasteiger partial charge >= 0.3 is 0 Å². The summed E-state index contributed by atoms with van der Waals surface area (Å²) in [6, 6.07) is 8.03. The van der Waals surface area contributed by atoms with E-state index < -0.39 is 0 Å². The van der Waals surface area contributed by atoms with Crippen molar-refractivity contribution in [3.05, 3.63) is 29.8 Å². The molecule has 1 aliphatic rings. The molecule has 2 rings (SSSR count). The zero-order chi connectivity index (χ0) is 16.2. The second-order valence-electron chi connectivity index (χ2n) is 6.86. The summed E-state index contributed by atoms with van der Waals surface area (Å²) in [5, 5.41) is 3.13. The van der Waals surface area contributed by atoms with Crippen LogP contribution in [0.2, 0.25) is 0 Å². The first kappa shape index (κ1) is 19.8. The van der Waals surface area contributed by atoms with E-state index in [0.29, 0.717) is 19.0 Å². The molecule has 3 N–H and O–H groups in total. The van der Waals surface area contributed by atoms with Crippen molar-refractivity contribution in [2.24, 2.45) is 17.6 Å². The van der Waals surface area contributed by atoms with Crippen molar-refractivity contribution in [3.63, 3.8) is 0 Å². The second kappa shape index (κ2) is 8.55. The number of rotatable bonds is 6. The Labute approximate surface area is 145 Å². The van der Waals surface area contributed by atoms with Crippen molar-refractivity contribution in [2.75, 3.05) is 20.2 Å². The predicted molar refractivity (Wildman–Crippen MR) is 96.2 cm³/mol. The fourth-order valence-corrected chi connectivity index (χ4v) is 3.25. The molecule has 1 aromatic rings. The van der Waals surface area contributed by atoms with Gasteiger partial charge in [-0.25, -0.2) is 0 Å². The van der Waals surface area contributed by atoms with Gasteiger partial charge in [-0.05, 0) is 43.0 Å². The molecule has 0 unspecified atom stereocenters. The summed E-state index contributed by atoms with van der Waals surface area (Å²) in [5.41, 5.74) is 6.85. The minimum Gasteiger partial charge on any atom is -0.497 e. The van der Waals surface area contributed by atoms with Gasteiger partial charge in [-0.3, -0.25) is 4.79 Å². The van der Waals surface area contributed by atoms with Crippen LogP contribution in [0, 0.1) is 11.8 Å². The number of methoxy groups -OCH3 is 1. The monoisotopic (exact) mass is 340 g/mol. The van der Waals surface area contributed by atoms with Crippen molar-refractivity contribution in [1.82, 2.24) is 5.32 Å². The van der Waals surface area contributed by atoms with Crippen LogP contribution in [0.25, 0.3) is 0 Å². The highest BCUT2D eigenvalue weighted by Crippen LogP contribution is 2.31. The summed E-state index contributed by atoms with van der Waals surface area (Å²) < 4.78 is 5.19. The fraction of sp³-hybridized carbons (Fsp3) is 0.611. The average molecular weight is 341 g/mol. The first-order valence-electron chi connectivity index (χ1n) is 8.10. The minimum atomic E-state index is -0.112. The molecule has 0 heterocycles. The number of nitrogens with one attached hydrogen (secondary N) is 1. The maximum Gasteiger partial charge on any atom is 0.223 e. The molecule has 130 valence electrons. The summed E-state index contributed by atoms with van der Waals surface area (Å²) in [6.07, 6.45) is 3.16.